The van der Waals surface area contributed by atoms with Crippen molar-refractivity contribution in [2.75, 3.05) is 19.0 Å². The number of rotatable bonds is 5. The van der Waals surface area contributed by atoms with Gasteiger partial charge in [0.1, 0.15) is 5.75 Å². The van der Waals surface area contributed by atoms with Gasteiger partial charge in [0.25, 0.3) is 0 Å². The van der Waals surface area contributed by atoms with E-state index in [1.54, 1.807) is 7.11 Å². The average molecular weight is 236 g/mol. The van der Waals surface area contributed by atoms with Gasteiger partial charge in [0.15, 0.2) is 0 Å². The van der Waals surface area contributed by atoms with Gasteiger partial charge >= 0.3 is 0 Å². The molecule has 0 aliphatic rings. The summed E-state index contributed by atoms with van der Waals surface area (Å²) < 4.78 is 5.25. The summed E-state index contributed by atoms with van der Waals surface area (Å²) in [7, 11) is 1.68. The van der Waals surface area contributed by atoms with Crippen molar-refractivity contribution in [1.29, 1.82) is 0 Å². The Hall–Kier alpha value is -1.22. The van der Waals surface area contributed by atoms with Crippen LogP contribution in [0.1, 0.15) is 26.3 Å². The fourth-order valence-corrected chi connectivity index (χ4v) is 1.60. The highest BCUT2D eigenvalue weighted by atomic mass is 16.5. The van der Waals surface area contributed by atoms with Crippen LogP contribution in [0.25, 0.3) is 0 Å². The summed E-state index contributed by atoms with van der Waals surface area (Å²) in [5.41, 5.74) is 8.07. The van der Waals surface area contributed by atoms with Crippen molar-refractivity contribution in [2.45, 2.75) is 33.2 Å². The quantitative estimate of drug-likeness (QED) is 0.826. The second-order valence-electron chi connectivity index (χ2n) is 5.08. The fraction of sp³-hybridized carbons (Fsp3) is 0.571. The van der Waals surface area contributed by atoms with E-state index < -0.39 is 0 Å². The molecule has 3 nitrogen and oxygen atoms in total. The predicted molar refractivity (Wildman–Crippen MR) is 73.7 cm³/mol. The van der Waals surface area contributed by atoms with Crippen molar-refractivity contribution in [3.05, 3.63) is 23.8 Å². The molecule has 3 N–H and O–H groups in total. The molecule has 0 radical (unpaired) electrons. The largest absolute Gasteiger partial charge is 0.497 e. The summed E-state index contributed by atoms with van der Waals surface area (Å²) in [5.74, 6) is 1.32. The van der Waals surface area contributed by atoms with Crippen LogP contribution < -0.4 is 15.8 Å². The van der Waals surface area contributed by atoms with E-state index in [9.17, 15) is 0 Å². The zero-order valence-corrected chi connectivity index (χ0v) is 11.5. The van der Waals surface area contributed by atoms with E-state index in [0.717, 1.165) is 11.4 Å². The van der Waals surface area contributed by atoms with E-state index >= 15 is 0 Å². The second-order valence-corrected chi connectivity index (χ2v) is 5.08. The molecule has 0 fully saturated rings. The SMILES string of the molecule is COc1ccc(C)c(NC(C)(CN)C(C)C)c1. The monoisotopic (exact) mass is 236 g/mol. The van der Waals surface area contributed by atoms with Crippen molar-refractivity contribution < 1.29 is 4.74 Å². The summed E-state index contributed by atoms with van der Waals surface area (Å²) in [6, 6.07) is 6.04. The standard InChI is InChI=1S/C14H24N2O/c1-10(2)14(4,9-15)16-13-8-12(17-5)7-6-11(13)3/h6-8,10,16H,9,15H2,1-5H3. The van der Waals surface area contributed by atoms with E-state index in [0.29, 0.717) is 12.5 Å². The van der Waals surface area contributed by atoms with E-state index in [2.05, 4.69) is 39.1 Å². The molecule has 1 atom stereocenters. The van der Waals surface area contributed by atoms with Crippen LogP contribution in [0.5, 0.6) is 5.75 Å². The molecule has 0 aromatic heterocycles. The first-order valence-corrected chi connectivity index (χ1v) is 6.06. The fourth-order valence-electron chi connectivity index (χ4n) is 1.60. The number of nitrogens with two attached hydrogens (primary N) is 1. The maximum Gasteiger partial charge on any atom is 0.120 e. The lowest BCUT2D eigenvalue weighted by atomic mass is 9.88. The van der Waals surface area contributed by atoms with Gasteiger partial charge in [-0.15, -0.1) is 0 Å². The molecule has 0 spiro atoms. The van der Waals surface area contributed by atoms with Gasteiger partial charge in [-0.25, -0.2) is 0 Å². The highest BCUT2D eigenvalue weighted by Crippen LogP contribution is 2.27. The number of hydrogen-bond acceptors (Lipinski definition) is 3. The van der Waals surface area contributed by atoms with Crippen LogP contribution in [0.15, 0.2) is 18.2 Å². The Labute approximate surface area is 104 Å². The summed E-state index contributed by atoms with van der Waals surface area (Å²) in [6.07, 6.45) is 0. The lowest BCUT2D eigenvalue weighted by Crippen LogP contribution is -2.47. The molecule has 0 heterocycles. The van der Waals surface area contributed by atoms with Gasteiger partial charge in [0.05, 0.1) is 7.11 Å². The number of aryl methyl sites for hydroxylation is 1. The van der Waals surface area contributed by atoms with Gasteiger partial charge in [0, 0.05) is 23.8 Å². The van der Waals surface area contributed by atoms with Crippen LogP contribution in [0, 0.1) is 12.8 Å². The zero-order valence-electron chi connectivity index (χ0n) is 11.5. The molecule has 0 bridgehead atoms. The van der Waals surface area contributed by atoms with E-state index in [1.807, 2.05) is 12.1 Å². The van der Waals surface area contributed by atoms with Crippen molar-refractivity contribution in [1.82, 2.24) is 0 Å². The van der Waals surface area contributed by atoms with E-state index in [1.165, 1.54) is 5.56 Å². The Morgan fingerprint density at radius 3 is 2.53 bits per heavy atom. The van der Waals surface area contributed by atoms with Crippen LogP contribution in [0.3, 0.4) is 0 Å². The molecule has 1 unspecified atom stereocenters. The minimum atomic E-state index is -0.100. The summed E-state index contributed by atoms with van der Waals surface area (Å²) in [4.78, 5) is 0. The highest BCUT2D eigenvalue weighted by molar-refractivity contribution is 5.56. The first-order valence-electron chi connectivity index (χ1n) is 6.06. The van der Waals surface area contributed by atoms with Crippen LogP contribution in [-0.2, 0) is 0 Å². The normalized spacial score (nSPS) is 14.5. The maximum atomic E-state index is 5.88. The Kier molecular flexibility index (Phi) is 4.40. The van der Waals surface area contributed by atoms with Crippen LogP contribution in [0.2, 0.25) is 0 Å². The smallest absolute Gasteiger partial charge is 0.120 e. The average Bonchev–Trinajstić information content (AvgIpc) is 2.31. The van der Waals surface area contributed by atoms with Gasteiger partial charge in [-0.1, -0.05) is 19.9 Å². The third-order valence-corrected chi connectivity index (χ3v) is 3.56. The minimum absolute atomic E-state index is 0.100. The third kappa shape index (κ3) is 3.13. The molecule has 3 heteroatoms. The van der Waals surface area contributed by atoms with Crippen LogP contribution in [0.4, 0.5) is 5.69 Å². The summed E-state index contributed by atoms with van der Waals surface area (Å²) in [5, 5.41) is 3.54. The van der Waals surface area contributed by atoms with Crippen LogP contribution >= 0.6 is 0 Å². The molecule has 0 aliphatic carbocycles. The van der Waals surface area contributed by atoms with Crippen molar-refractivity contribution >= 4 is 5.69 Å². The molecule has 1 rings (SSSR count). The number of methoxy groups -OCH3 is 1. The number of benzene rings is 1. The first kappa shape index (κ1) is 13.8. The molecule has 0 saturated carbocycles. The Morgan fingerprint density at radius 1 is 1.41 bits per heavy atom. The molecule has 17 heavy (non-hydrogen) atoms. The number of nitrogens with one attached hydrogen (secondary N) is 1. The van der Waals surface area contributed by atoms with Gasteiger partial charge < -0.3 is 15.8 Å². The molecular formula is C14H24N2O. The van der Waals surface area contributed by atoms with Crippen molar-refractivity contribution in [3.63, 3.8) is 0 Å². The summed E-state index contributed by atoms with van der Waals surface area (Å²) >= 11 is 0. The lowest BCUT2D eigenvalue weighted by molar-refractivity contribution is 0.381. The zero-order chi connectivity index (χ0) is 13.1. The summed E-state index contributed by atoms with van der Waals surface area (Å²) in [6.45, 7) is 9.18. The molecule has 0 aliphatic heterocycles. The minimum Gasteiger partial charge on any atom is -0.497 e. The Bertz CT molecular complexity index is 376. The topological polar surface area (TPSA) is 47.3 Å². The highest BCUT2D eigenvalue weighted by Gasteiger charge is 2.26. The molecule has 1 aromatic rings. The maximum absolute atomic E-state index is 5.88. The van der Waals surface area contributed by atoms with E-state index in [-0.39, 0.29) is 5.54 Å². The number of ether oxygens (including phenoxy) is 1. The van der Waals surface area contributed by atoms with Crippen LogP contribution in [-0.4, -0.2) is 19.2 Å². The molecular weight excluding hydrogens is 212 g/mol. The Morgan fingerprint density at radius 2 is 2.06 bits per heavy atom. The number of hydrogen-bond donors (Lipinski definition) is 2. The van der Waals surface area contributed by atoms with Gasteiger partial charge in [-0.05, 0) is 31.4 Å². The molecule has 1 aromatic carbocycles. The molecule has 0 amide bonds. The molecule has 0 saturated heterocycles. The predicted octanol–water partition coefficient (Wildman–Crippen LogP) is 2.79. The molecule has 96 valence electrons. The lowest BCUT2D eigenvalue weighted by Gasteiger charge is -2.35. The Balaban J connectivity index is 3.00. The van der Waals surface area contributed by atoms with Crippen molar-refractivity contribution in [2.24, 2.45) is 11.7 Å². The van der Waals surface area contributed by atoms with E-state index in [4.69, 9.17) is 10.5 Å². The second kappa shape index (κ2) is 5.41. The van der Waals surface area contributed by atoms with Gasteiger partial charge in [-0.3, -0.25) is 0 Å². The van der Waals surface area contributed by atoms with Gasteiger partial charge in [0.2, 0.25) is 0 Å². The first-order chi connectivity index (χ1) is 7.92. The third-order valence-electron chi connectivity index (χ3n) is 3.56. The number of anilines is 1. The van der Waals surface area contributed by atoms with Gasteiger partial charge in [-0.2, -0.15) is 0 Å². The van der Waals surface area contributed by atoms with Crippen molar-refractivity contribution in [3.8, 4) is 5.75 Å².